The van der Waals surface area contributed by atoms with Crippen LogP contribution in [0.5, 0.6) is 0 Å². The van der Waals surface area contributed by atoms with Gasteiger partial charge in [-0.05, 0) is 6.42 Å². The van der Waals surface area contributed by atoms with Gasteiger partial charge in [0.1, 0.15) is 12.8 Å². The molecule has 1 aliphatic heterocycles. The van der Waals surface area contributed by atoms with Gasteiger partial charge in [-0.25, -0.2) is 8.78 Å². The average molecular weight is 158 g/mol. The third-order valence-corrected chi connectivity index (χ3v) is 1.35. The second kappa shape index (κ2) is 4.01. The smallest absolute Gasteiger partial charge is 0.114 e. The van der Waals surface area contributed by atoms with Crippen molar-refractivity contribution in [2.24, 2.45) is 0 Å². The first kappa shape index (κ1) is 9.11. The Labute approximate surface area is 59.2 Å². The molecule has 0 unspecified atom stereocenters. The zero-order valence-corrected chi connectivity index (χ0v) is 5.76. The number of halogens is 3. The van der Waals surface area contributed by atoms with E-state index < -0.39 is 12.8 Å². The SMILES string of the molecule is Cl.FC[C@H]1C[C@H](F)CN1. The van der Waals surface area contributed by atoms with Crippen LogP contribution in [-0.4, -0.2) is 25.4 Å². The van der Waals surface area contributed by atoms with Crippen LogP contribution in [0.2, 0.25) is 0 Å². The van der Waals surface area contributed by atoms with Crippen LogP contribution in [0.25, 0.3) is 0 Å². The minimum atomic E-state index is -0.823. The molecule has 0 spiro atoms. The van der Waals surface area contributed by atoms with E-state index in [0.29, 0.717) is 13.0 Å². The van der Waals surface area contributed by atoms with Crippen LogP contribution >= 0.6 is 12.4 Å². The summed E-state index contributed by atoms with van der Waals surface area (Å²) >= 11 is 0. The standard InChI is InChI=1S/C5H9F2N.ClH/c6-2-5-1-4(7)3-8-5;/h4-5,8H,1-3H2;1H/t4-,5+;/m0./s1. The summed E-state index contributed by atoms with van der Waals surface area (Å²) in [7, 11) is 0. The Kier molecular flexibility index (Phi) is 4.06. The van der Waals surface area contributed by atoms with Crippen molar-refractivity contribution in [1.82, 2.24) is 5.32 Å². The van der Waals surface area contributed by atoms with Crippen molar-refractivity contribution >= 4 is 12.4 Å². The molecule has 1 fully saturated rings. The van der Waals surface area contributed by atoms with Gasteiger partial charge in [0.2, 0.25) is 0 Å². The Balaban J connectivity index is 0.000000640. The summed E-state index contributed by atoms with van der Waals surface area (Å²) in [5, 5.41) is 2.71. The zero-order valence-electron chi connectivity index (χ0n) is 4.94. The summed E-state index contributed by atoms with van der Waals surface area (Å²) in [6.45, 7) is -0.116. The fourth-order valence-electron chi connectivity index (χ4n) is 0.887. The molecule has 1 saturated heterocycles. The summed E-state index contributed by atoms with van der Waals surface area (Å²) < 4.78 is 23.8. The van der Waals surface area contributed by atoms with Crippen molar-refractivity contribution in [1.29, 1.82) is 0 Å². The molecule has 0 bridgehead atoms. The molecule has 0 aromatic rings. The maximum absolute atomic E-state index is 12.1. The molecule has 56 valence electrons. The molecule has 1 nitrogen and oxygen atoms in total. The van der Waals surface area contributed by atoms with Gasteiger partial charge < -0.3 is 5.32 Å². The summed E-state index contributed by atoms with van der Waals surface area (Å²) in [6, 6.07) is -0.218. The highest BCUT2D eigenvalue weighted by atomic mass is 35.5. The Morgan fingerprint density at radius 2 is 2.22 bits per heavy atom. The molecule has 1 N–H and O–H groups in total. The molecule has 1 aliphatic rings. The Bertz CT molecular complexity index is 81.4. The topological polar surface area (TPSA) is 12.0 Å². The van der Waals surface area contributed by atoms with Crippen molar-refractivity contribution < 1.29 is 8.78 Å². The van der Waals surface area contributed by atoms with E-state index in [1.54, 1.807) is 0 Å². The Morgan fingerprint density at radius 1 is 1.56 bits per heavy atom. The lowest BCUT2D eigenvalue weighted by molar-refractivity contribution is 0.341. The molecule has 0 aliphatic carbocycles. The molecule has 0 amide bonds. The Morgan fingerprint density at radius 3 is 2.44 bits per heavy atom. The van der Waals surface area contributed by atoms with Crippen molar-refractivity contribution in [3.63, 3.8) is 0 Å². The summed E-state index contributed by atoms with van der Waals surface area (Å²) in [4.78, 5) is 0. The second-order valence-corrected chi connectivity index (χ2v) is 2.09. The fourth-order valence-corrected chi connectivity index (χ4v) is 0.887. The zero-order chi connectivity index (χ0) is 5.98. The van der Waals surface area contributed by atoms with Gasteiger partial charge in [0.05, 0.1) is 0 Å². The lowest BCUT2D eigenvalue weighted by Crippen LogP contribution is -2.22. The molecular weight excluding hydrogens is 148 g/mol. The highest BCUT2D eigenvalue weighted by molar-refractivity contribution is 5.85. The number of hydrogen-bond acceptors (Lipinski definition) is 1. The molecule has 0 radical (unpaired) electrons. The monoisotopic (exact) mass is 157 g/mol. The maximum Gasteiger partial charge on any atom is 0.114 e. The van der Waals surface area contributed by atoms with Crippen LogP contribution in [-0.2, 0) is 0 Å². The van der Waals surface area contributed by atoms with E-state index in [9.17, 15) is 8.78 Å². The van der Waals surface area contributed by atoms with Crippen LogP contribution in [0.15, 0.2) is 0 Å². The number of alkyl halides is 2. The molecule has 1 heterocycles. The second-order valence-electron chi connectivity index (χ2n) is 2.09. The first-order valence-electron chi connectivity index (χ1n) is 2.76. The largest absolute Gasteiger partial charge is 0.308 e. The minimum absolute atomic E-state index is 0. The number of nitrogens with one attached hydrogen (secondary N) is 1. The van der Waals surface area contributed by atoms with E-state index in [2.05, 4.69) is 5.32 Å². The predicted molar refractivity (Wildman–Crippen MR) is 34.5 cm³/mol. The van der Waals surface area contributed by atoms with E-state index in [0.717, 1.165) is 0 Å². The first-order chi connectivity index (χ1) is 3.83. The Hall–Kier alpha value is 0.110. The highest BCUT2D eigenvalue weighted by Gasteiger charge is 2.22. The van der Waals surface area contributed by atoms with Crippen LogP contribution in [0.1, 0.15) is 6.42 Å². The van der Waals surface area contributed by atoms with E-state index >= 15 is 0 Å². The molecule has 0 aromatic heterocycles. The van der Waals surface area contributed by atoms with Crippen LogP contribution in [0, 0.1) is 0 Å². The highest BCUT2D eigenvalue weighted by Crippen LogP contribution is 2.09. The van der Waals surface area contributed by atoms with Gasteiger partial charge in [-0.1, -0.05) is 0 Å². The van der Waals surface area contributed by atoms with E-state index in [1.165, 1.54) is 0 Å². The molecule has 9 heavy (non-hydrogen) atoms. The molecule has 0 saturated carbocycles. The van der Waals surface area contributed by atoms with Crippen LogP contribution in [0.4, 0.5) is 8.78 Å². The normalized spacial score (nSPS) is 34.0. The van der Waals surface area contributed by atoms with Crippen molar-refractivity contribution in [2.75, 3.05) is 13.2 Å². The van der Waals surface area contributed by atoms with Gasteiger partial charge in [-0.3, -0.25) is 0 Å². The summed E-state index contributed by atoms with van der Waals surface area (Å²) in [6.07, 6.45) is -0.480. The third kappa shape index (κ3) is 2.45. The quantitative estimate of drug-likeness (QED) is 0.601. The lowest BCUT2D eigenvalue weighted by atomic mass is 10.2. The van der Waals surface area contributed by atoms with Crippen molar-refractivity contribution in [3.05, 3.63) is 0 Å². The van der Waals surface area contributed by atoms with Crippen LogP contribution < -0.4 is 5.32 Å². The third-order valence-electron chi connectivity index (χ3n) is 1.35. The van der Waals surface area contributed by atoms with Gasteiger partial charge in [-0.2, -0.15) is 0 Å². The lowest BCUT2D eigenvalue weighted by Gasteiger charge is -1.99. The van der Waals surface area contributed by atoms with Gasteiger partial charge in [0.25, 0.3) is 0 Å². The maximum atomic E-state index is 12.1. The summed E-state index contributed by atoms with van der Waals surface area (Å²) in [5.74, 6) is 0. The van der Waals surface area contributed by atoms with Gasteiger partial charge >= 0.3 is 0 Å². The predicted octanol–water partition coefficient (Wildman–Crippen LogP) is 1.08. The van der Waals surface area contributed by atoms with E-state index in [4.69, 9.17) is 0 Å². The molecule has 0 aromatic carbocycles. The first-order valence-corrected chi connectivity index (χ1v) is 2.76. The van der Waals surface area contributed by atoms with Crippen LogP contribution in [0.3, 0.4) is 0 Å². The molecule has 1 rings (SSSR count). The minimum Gasteiger partial charge on any atom is -0.308 e. The number of rotatable bonds is 1. The molecule has 2 atom stereocenters. The van der Waals surface area contributed by atoms with Gasteiger partial charge in [0.15, 0.2) is 0 Å². The molecule has 4 heteroatoms. The van der Waals surface area contributed by atoms with E-state index in [1.807, 2.05) is 0 Å². The van der Waals surface area contributed by atoms with Crippen molar-refractivity contribution in [2.45, 2.75) is 18.6 Å². The average Bonchev–Trinajstić information content (AvgIpc) is 2.14. The molecular formula is C5H10ClF2N. The fraction of sp³-hybridized carbons (Fsp3) is 1.00. The number of hydrogen-bond donors (Lipinski definition) is 1. The summed E-state index contributed by atoms with van der Waals surface area (Å²) in [5.41, 5.74) is 0. The van der Waals surface area contributed by atoms with Crippen molar-refractivity contribution in [3.8, 4) is 0 Å². The van der Waals surface area contributed by atoms with Gasteiger partial charge in [0, 0.05) is 12.6 Å². The van der Waals surface area contributed by atoms with E-state index in [-0.39, 0.29) is 18.4 Å². The van der Waals surface area contributed by atoms with Gasteiger partial charge in [-0.15, -0.1) is 12.4 Å².